The van der Waals surface area contributed by atoms with Gasteiger partial charge in [-0.3, -0.25) is 0 Å². The summed E-state index contributed by atoms with van der Waals surface area (Å²) in [4.78, 5) is 22.4. The fraction of sp³-hybridized carbons (Fsp3) is 0.500. The highest BCUT2D eigenvalue weighted by molar-refractivity contribution is 5.87. The van der Waals surface area contributed by atoms with Crippen molar-refractivity contribution in [1.82, 2.24) is 0 Å². The number of carboxylic acids is 1. The third-order valence-corrected chi connectivity index (χ3v) is 3.77. The van der Waals surface area contributed by atoms with Gasteiger partial charge in [0.25, 0.3) is 0 Å². The van der Waals surface area contributed by atoms with E-state index in [0.717, 1.165) is 38.5 Å². The minimum Gasteiger partial charge on any atom is -0.494 e. The molecule has 0 spiro atoms. The van der Waals surface area contributed by atoms with Crippen LogP contribution in [0.4, 0.5) is 0 Å². The van der Waals surface area contributed by atoms with E-state index < -0.39 is 5.97 Å². The van der Waals surface area contributed by atoms with Crippen LogP contribution in [0.2, 0.25) is 0 Å². The van der Waals surface area contributed by atoms with Gasteiger partial charge in [0.05, 0.1) is 12.2 Å². The summed E-state index contributed by atoms with van der Waals surface area (Å²) in [5, 5.41) is 8.84. The van der Waals surface area contributed by atoms with Gasteiger partial charge in [0.1, 0.15) is 11.9 Å². The van der Waals surface area contributed by atoms with Crippen molar-refractivity contribution in [3.8, 4) is 5.75 Å². The van der Waals surface area contributed by atoms with Gasteiger partial charge in [0.15, 0.2) is 0 Å². The zero-order chi connectivity index (χ0) is 18.7. The van der Waals surface area contributed by atoms with E-state index in [0.29, 0.717) is 17.9 Å². The van der Waals surface area contributed by atoms with Gasteiger partial charge in [-0.05, 0) is 63.3 Å². The molecule has 0 saturated carbocycles. The number of esters is 1. The first-order valence-electron chi connectivity index (χ1n) is 8.76. The Labute approximate surface area is 149 Å². The number of carboxylic acid groups (broad SMARTS) is 1. The molecule has 0 aliphatic rings. The number of ether oxygens (including phenoxy) is 2. The summed E-state index contributed by atoms with van der Waals surface area (Å²) < 4.78 is 11.0. The molecule has 138 valence electrons. The zero-order valence-corrected chi connectivity index (χ0v) is 15.1. The number of hydrogen-bond acceptors (Lipinski definition) is 4. The van der Waals surface area contributed by atoms with Crippen LogP contribution in [-0.4, -0.2) is 29.8 Å². The van der Waals surface area contributed by atoms with Gasteiger partial charge in [0.2, 0.25) is 0 Å². The number of benzene rings is 1. The fourth-order valence-electron chi connectivity index (χ4n) is 2.37. The lowest BCUT2D eigenvalue weighted by atomic mass is 10.1. The van der Waals surface area contributed by atoms with Crippen molar-refractivity contribution in [3.05, 3.63) is 42.0 Å². The quantitative estimate of drug-likeness (QED) is 0.339. The predicted molar refractivity (Wildman–Crippen MR) is 97.0 cm³/mol. The molecule has 1 unspecified atom stereocenters. The summed E-state index contributed by atoms with van der Waals surface area (Å²) >= 11 is 0. The maximum Gasteiger partial charge on any atom is 0.335 e. The molecule has 5 heteroatoms. The highest BCUT2D eigenvalue weighted by atomic mass is 16.5. The lowest BCUT2D eigenvalue weighted by molar-refractivity contribution is -0.144. The molecule has 0 radical (unpaired) electrons. The molecule has 0 aliphatic carbocycles. The molecule has 0 aliphatic heterocycles. The van der Waals surface area contributed by atoms with Gasteiger partial charge >= 0.3 is 11.9 Å². The third-order valence-electron chi connectivity index (χ3n) is 3.77. The minimum atomic E-state index is -0.944. The normalized spacial score (nSPS) is 11.6. The topological polar surface area (TPSA) is 72.8 Å². The number of rotatable bonds is 12. The van der Waals surface area contributed by atoms with Crippen molar-refractivity contribution in [2.45, 2.75) is 58.5 Å². The summed E-state index contributed by atoms with van der Waals surface area (Å²) in [6.45, 7) is 7.92. The average molecular weight is 348 g/mol. The predicted octanol–water partition coefficient (Wildman–Crippen LogP) is 4.61. The second-order valence-corrected chi connectivity index (χ2v) is 6.12. The summed E-state index contributed by atoms with van der Waals surface area (Å²) in [5.41, 5.74) is 0.682. The summed E-state index contributed by atoms with van der Waals surface area (Å²) in [6.07, 6.45) is 5.50. The number of hydrogen-bond donors (Lipinski definition) is 1. The monoisotopic (exact) mass is 348 g/mol. The Kier molecular flexibility index (Phi) is 9.37. The second kappa shape index (κ2) is 11.3. The van der Waals surface area contributed by atoms with Crippen molar-refractivity contribution in [2.75, 3.05) is 6.61 Å². The molecule has 25 heavy (non-hydrogen) atoms. The smallest absolute Gasteiger partial charge is 0.335 e. The Morgan fingerprint density at radius 2 is 1.80 bits per heavy atom. The first-order valence-corrected chi connectivity index (χ1v) is 8.76. The Balaban J connectivity index is 2.22. The van der Waals surface area contributed by atoms with E-state index in [1.165, 1.54) is 12.1 Å². The Bertz CT molecular complexity index is 562. The van der Waals surface area contributed by atoms with Gasteiger partial charge in [-0.2, -0.15) is 0 Å². The Morgan fingerprint density at radius 3 is 2.36 bits per heavy atom. The van der Waals surface area contributed by atoms with Crippen LogP contribution < -0.4 is 4.74 Å². The van der Waals surface area contributed by atoms with Gasteiger partial charge in [-0.1, -0.05) is 19.9 Å². The number of aromatic carboxylic acids is 1. The van der Waals surface area contributed by atoms with E-state index in [1.807, 2.05) is 0 Å². The van der Waals surface area contributed by atoms with E-state index in [2.05, 4.69) is 13.5 Å². The first kappa shape index (κ1) is 20.7. The van der Waals surface area contributed by atoms with Crippen molar-refractivity contribution >= 4 is 11.9 Å². The van der Waals surface area contributed by atoms with Crippen molar-refractivity contribution in [3.63, 3.8) is 0 Å². The maximum absolute atomic E-state index is 11.6. The Morgan fingerprint density at radius 1 is 1.12 bits per heavy atom. The van der Waals surface area contributed by atoms with Crippen LogP contribution in [0, 0.1) is 0 Å². The summed E-state index contributed by atoms with van der Waals surface area (Å²) in [7, 11) is 0. The molecule has 5 nitrogen and oxygen atoms in total. The van der Waals surface area contributed by atoms with Crippen molar-refractivity contribution < 1.29 is 24.2 Å². The van der Waals surface area contributed by atoms with E-state index in [-0.39, 0.29) is 17.6 Å². The molecule has 0 aromatic heterocycles. The van der Waals surface area contributed by atoms with Gasteiger partial charge in [-0.15, -0.1) is 0 Å². The molecule has 0 saturated heterocycles. The molecule has 0 heterocycles. The summed E-state index contributed by atoms with van der Waals surface area (Å²) in [6, 6.07) is 6.39. The molecule has 1 rings (SSSR count). The first-order chi connectivity index (χ1) is 11.9. The molecule has 1 aromatic carbocycles. The van der Waals surface area contributed by atoms with E-state index >= 15 is 0 Å². The zero-order valence-electron chi connectivity index (χ0n) is 15.1. The van der Waals surface area contributed by atoms with Crippen LogP contribution in [0.15, 0.2) is 36.4 Å². The lowest BCUT2D eigenvalue weighted by Gasteiger charge is -2.17. The third kappa shape index (κ3) is 8.38. The van der Waals surface area contributed by atoms with E-state index in [1.54, 1.807) is 19.1 Å². The SMILES string of the molecule is C=C(C)C(=O)OC(CCC)CCCCCOc1ccc(C(=O)O)cc1. The molecule has 1 N–H and O–H groups in total. The number of carbonyl (C=O) groups excluding carboxylic acids is 1. The molecule has 0 fully saturated rings. The molecule has 1 aromatic rings. The fourth-order valence-corrected chi connectivity index (χ4v) is 2.37. The van der Waals surface area contributed by atoms with Gasteiger partial charge in [0, 0.05) is 5.57 Å². The number of unbranched alkanes of at least 4 members (excludes halogenated alkanes) is 2. The van der Waals surface area contributed by atoms with Crippen LogP contribution in [0.5, 0.6) is 5.75 Å². The van der Waals surface area contributed by atoms with Crippen LogP contribution in [-0.2, 0) is 9.53 Å². The Hall–Kier alpha value is -2.30. The van der Waals surface area contributed by atoms with Gasteiger partial charge in [-0.25, -0.2) is 9.59 Å². The van der Waals surface area contributed by atoms with Crippen LogP contribution >= 0.6 is 0 Å². The highest BCUT2D eigenvalue weighted by Gasteiger charge is 2.13. The van der Waals surface area contributed by atoms with Crippen molar-refractivity contribution in [1.29, 1.82) is 0 Å². The molecular formula is C20H28O5. The molecule has 1 atom stereocenters. The molecular weight excluding hydrogens is 320 g/mol. The maximum atomic E-state index is 11.6. The standard InChI is InChI=1S/C20H28O5/c1-4-8-18(25-20(23)15(2)3)9-6-5-7-14-24-17-12-10-16(11-13-17)19(21)22/h10-13,18H,2,4-9,14H2,1,3H3,(H,21,22). The van der Waals surface area contributed by atoms with Crippen LogP contribution in [0.25, 0.3) is 0 Å². The van der Waals surface area contributed by atoms with E-state index in [4.69, 9.17) is 14.6 Å². The summed E-state index contributed by atoms with van der Waals surface area (Å²) in [5.74, 6) is -0.587. The lowest BCUT2D eigenvalue weighted by Crippen LogP contribution is -2.18. The van der Waals surface area contributed by atoms with Gasteiger partial charge < -0.3 is 14.6 Å². The minimum absolute atomic E-state index is 0.0429. The molecule has 0 bridgehead atoms. The largest absolute Gasteiger partial charge is 0.494 e. The van der Waals surface area contributed by atoms with Crippen LogP contribution in [0.1, 0.15) is 62.7 Å². The van der Waals surface area contributed by atoms with Crippen LogP contribution in [0.3, 0.4) is 0 Å². The highest BCUT2D eigenvalue weighted by Crippen LogP contribution is 2.15. The average Bonchev–Trinajstić information content (AvgIpc) is 2.58. The van der Waals surface area contributed by atoms with E-state index in [9.17, 15) is 9.59 Å². The molecule has 0 amide bonds. The number of carbonyl (C=O) groups is 2. The van der Waals surface area contributed by atoms with Crippen molar-refractivity contribution in [2.24, 2.45) is 0 Å². The second-order valence-electron chi connectivity index (χ2n) is 6.12.